The van der Waals surface area contributed by atoms with Crippen LogP contribution in [0.5, 0.6) is 0 Å². The molecule has 2 aromatic heterocycles. The second-order valence-electron chi connectivity index (χ2n) is 3.45. The third kappa shape index (κ3) is 2.41. The van der Waals surface area contributed by atoms with Crippen LogP contribution in [0.25, 0.3) is 0 Å². The highest BCUT2D eigenvalue weighted by molar-refractivity contribution is 5.16. The maximum absolute atomic E-state index is 13.3. The molecule has 1 N–H and O–H groups in total. The molecule has 0 radical (unpaired) electrons. The van der Waals surface area contributed by atoms with Gasteiger partial charge in [-0.05, 0) is 29.8 Å². The van der Waals surface area contributed by atoms with Crippen molar-refractivity contribution in [1.82, 2.24) is 9.97 Å². The Morgan fingerprint density at radius 3 is 2.62 bits per heavy atom. The van der Waals surface area contributed by atoms with Crippen molar-refractivity contribution < 1.29 is 9.50 Å². The molecule has 2 aromatic rings. The van der Waals surface area contributed by atoms with Crippen molar-refractivity contribution in [1.29, 1.82) is 0 Å². The lowest BCUT2D eigenvalue weighted by atomic mass is 10.1. The van der Waals surface area contributed by atoms with Crippen molar-refractivity contribution in [2.75, 3.05) is 0 Å². The molecule has 0 saturated carbocycles. The van der Waals surface area contributed by atoms with Gasteiger partial charge in [0, 0.05) is 25.0 Å². The van der Waals surface area contributed by atoms with Crippen molar-refractivity contribution in [2.24, 2.45) is 0 Å². The van der Waals surface area contributed by atoms with Crippen LogP contribution in [0.3, 0.4) is 0 Å². The van der Waals surface area contributed by atoms with Crippen LogP contribution in [0.2, 0.25) is 0 Å². The summed E-state index contributed by atoms with van der Waals surface area (Å²) in [4.78, 5) is 7.71. The number of hydrogen-bond donors (Lipinski definition) is 1. The lowest BCUT2D eigenvalue weighted by molar-refractivity contribution is 0.168. The largest absolute Gasteiger partial charge is 0.386 e. The van der Waals surface area contributed by atoms with E-state index in [-0.39, 0.29) is 5.69 Å². The Bertz CT molecular complexity index is 462. The van der Waals surface area contributed by atoms with Crippen LogP contribution >= 0.6 is 0 Å². The fourth-order valence-electron chi connectivity index (χ4n) is 1.48. The summed E-state index contributed by atoms with van der Waals surface area (Å²) in [5.41, 5.74) is 0.979. The molecule has 0 saturated heterocycles. The van der Waals surface area contributed by atoms with Gasteiger partial charge in [-0.1, -0.05) is 0 Å². The highest BCUT2D eigenvalue weighted by Crippen LogP contribution is 2.18. The number of halogens is 1. The van der Waals surface area contributed by atoms with Crippen LogP contribution in [0.4, 0.5) is 4.39 Å². The summed E-state index contributed by atoms with van der Waals surface area (Å²) < 4.78 is 13.3. The monoisotopic (exact) mass is 218 g/mol. The highest BCUT2D eigenvalue weighted by Gasteiger charge is 2.14. The minimum absolute atomic E-state index is 0.0827. The molecule has 0 bridgehead atoms. The first-order chi connectivity index (χ1) is 7.77. The quantitative estimate of drug-likeness (QED) is 0.855. The van der Waals surface area contributed by atoms with Crippen LogP contribution < -0.4 is 0 Å². The van der Waals surface area contributed by atoms with E-state index in [1.165, 1.54) is 18.3 Å². The van der Waals surface area contributed by atoms with Crippen molar-refractivity contribution in [2.45, 2.75) is 12.5 Å². The summed E-state index contributed by atoms with van der Waals surface area (Å²) in [5, 5.41) is 9.83. The van der Waals surface area contributed by atoms with E-state index < -0.39 is 11.9 Å². The number of aliphatic hydroxyl groups excluding tert-OH is 1. The summed E-state index contributed by atoms with van der Waals surface area (Å²) in [7, 11) is 0. The van der Waals surface area contributed by atoms with Gasteiger partial charge < -0.3 is 5.11 Å². The zero-order chi connectivity index (χ0) is 11.4. The molecule has 0 aromatic carbocycles. The molecule has 1 unspecified atom stereocenters. The zero-order valence-electron chi connectivity index (χ0n) is 8.55. The maximum atomic E-state index is 13.3. The molecule has 2 rings (SSSR count). The van der Waals surface area contributed by atoms with Crippen molar-refractivity contribution in [3.63, 3.8) is 0 Å². The van der Waals surface area contributed by atoms with Gasteiger partial charge in [-0.25, -0.2) is 4.39 Å². The van der Waals surface area contributed by atoms with Gasteiger partial charge in [0.15, 0.2) is 0 Å². The summed E-state index contributed by atoms with van der Waals surface area (Å²) in [6.07, 6.45) is 4.14. The van der Waals surface area contributed by atoms with Gasteiger partial charge in [-0.15, -0.1) is 0 Å². The van der Waals surface area contributed by atoms with Gasteiger partial charge in [0.25, 0.3) is 0 Å². The van der Waals surface area contributed by atoms with E-state index in [0.29, 0.717) is 6.42 Å². The van der Waals surface area contributed by atoms with Gasteiger partial charge in [-0.3, -0.25) is 9.97 Å². The Morgan fingerprint density at radius 2 is 1.94 bits per heavy atom. The fraction of sp³-hybridized carbons (Fsp3) is 0.167. The average molecular weight is 218 g/mol. The Kier molecular flexibility index (Phi) is 3.22. The zero-order valence-corrected chi connectivity index (χ0v) is 8.55. The highest BCUT2D eigenvalue weighted by atomic mass is 19.1. The van der Waals surface area contributed by atoms with Gasteiger partial charge >= 0.3 is 0 Å². The molecular weight excluding hydrogens is 207 g/mol. The number of aromatic nitrogens is 2. The second kappa shape index (κ2) is 4.81. The van der Waals surface area contributed by atoms with Crippen molar-refractivity contribution >= 4 is 0 Å². The van der Waals surface area contributed by atoms with Crippen LogP contribution in [0.15, 0.2) is 42.9 Å². The first-order valence-electron chi connectivity index (χ1n) is 4.95. The van der Waals surface area contributed by atoms with E-state index >= 15 is 0 Å². The summed E-state index contributed by atoms with van der Waals surface area (Å²) in [5.74, 6) is -0.482. The van der Waals surface area contributed by atoms with Gasteiger partial charge in [0.2, 0.25) is 0 Å². The topological polar surface area (TPSA) is 46.0 Å². The average Bonchev–Trinajstić information content (AvgIpc) is 2.31. The molecule has 82 valence electrons. The lowest BCUT2D eigenvalue weighted by Crippen LogP contribution is -2.06. The summed E-state index contributed by atoms with van der Waals surface area (Å²) >= 11 is 0. The van der Waals surface area contributed by atoms with E-state index in [9.17, 15) is 9.50 Å². The molecule has 1 atom stereocenters. The third-order valence-electron chi connectivity index (χ3n) is 2.28. The normalized spacial score (nSPS) is 12.4. The second-order valence-corrected chi connectivity index (χ2v) is 3.45. The molecule has 0 spiro atoms. The molecule has 0 aliphatic heterocycles. The van der Waals surface area contributed by atoms with Crippen molar-refractivity contribution in [3.8, 4) is 0 Å². The predicted molar refractivity (Wildman–Crippen MR) is 57.1 cm³/mol. The molecule has 0 aliphatic carbocycles. The van der Waals surface area contributed by atoms with E-state index in [4.69, 9.17) is 0 Å². The number of aliphatic hydroxyl groups is 1. The van der Waals surface area contributed by atoms with Crippen LogP contribution in [-0.2, 0) is 6.42 Å². The van der Waals surface area contributed by atoms with Crippen molar-refractivity contribution in [3.05, 3.63) is 59.9 Å². The van der Waals surface area contributed by atoms with Crippen LogP contribution in [0, 0.1) is 5.82 Å². The number of hydrogen-bond acceptors (Lipinski definition) is 3. The third-order valence-corrected chi connectivity index (χ3v) is 2.28. The minimum Gasteiger partial charge on any atom is -0.386 e. The molecule has 0 aliphatic rings. The molecule has 3 nitrogen and oxygen atoms in total. The lowest BCUT2D eigenvalue weighted by Gasteiger charge is -2.10. The first-order valence-corrected chi connectivity index (χ1v) is 4.95. The van der Waals surface area contributed by atoms with E-state index in [0.717, 1.165) is 5.56 Å². The van der Waals surface area contributed by atoms with Gasteiger partial charge in [0.1, 0.15) is 17.6 Å². The number of nitrogens with zero attached hydrogens (tertiary/aromatic N) is 2. The fourth-order valence-corrected chi connectivity index (χ4v) is 1.48. The molecule has 0 amide bonds. The first kappa shape index (κ1) is 10.7. The number of pyridine rings is 2. The Morgan fingerprint density at radius 1 is 1.19 bits per heavy atom. The van der Waals surface area contributed by atoms with E-state index in [1.54, 1.807) is 24.5 Å². The minimum atomic E-state index is -0.927. The molecule has 16 heavy (non-hydrogen) atoms. The Hall–Kier alpha value is -1.81. The molecule has 2 heterocycles. The summed E-state index contributed by atoms with van der Waals surface area (Å²) in [6, 6.07) is 6.35. The van der Waals surface area contributed by atoms with Crippen LogP contribution in [-0.4, -0.2) is 15.1 Å². The van der Waals surface area contributed by atoms with Crippen LogP contribution in [0.1, 0.15) is 17.4 Å². The molecular formula is C12H11FN2O. The maximum Gasteiger partial charge on any atom is 0.147 e. The van der Waals surface area contributed by atoms with E-state index in [2.05, 4.69) is 9.97 Å². The smallest absolute Gasteiger partial charge is 0.147 e. The standard InChI is InChI=1S/C12H11FN2O/c13-10-2-1-5-15-12(10)11(16)8-9-3-6-14-7-4-9/h1-7,11,16H,8H2. The van der Waals surface area contributed by atoms with Gasteiger partial charge in [-0.2, -0.15) is 0 Å². The predicted octanol–water partition coefficient (Wildman–Crippen LogP) is 1.89. The Balaban J connectivity index is 2.15. The van der Waals surface area contributed by atoms with Gasteiger partial charge in [0.05, 0.1) is 0 Å². The Labute approximate surface area is 92.6 Å². The molecule has 4 heteroatoms. The number of rotatable bonds is 3. The van der Waals surface area contributed by atoms with E-state index in [1.807, 2.05) is 0 Å². The summed E-state index contributed by atoms with van der Waals surface area (Å²) in [6.45, 7) is 0. The molecule has 0 fully saturated rings. The SMILES string of the molecule is OC(Cc1ccncc1)c1ncccc1F.